The fraction of sp³-hybridized carbons (Fsp3) is 0.600. The Morgan fingerprint density at radius 2 is 2.30 bits per heavy atom. The summed E-state index contributed by atoms with van der Waals surface area (Å²) in [6, 6.07) is -1.89. The summed E-state index contributed by atoms with van der Waals surface area (Å²) in [5.74, 6) is -0.429. The van der Waals surface area contributed by atoms with Gasteiger partial charge in [0.1, 0.15) is 30.5 Å². The molecule has 0 aromatic carbocycles. The summed E-state index contributed by atoms with van der Waals surface area (Å²) in [5.41, 5.74) is 0. The zero-order valence-electron chi connectivity index (χ0n) is 11.9. The molecule has 9 nitrogen and oxygen atoms in total. The SMILES string of the molecule is [2H]C12N=C(Br)N([C@@H]3O[C@H](CO)[C@@]([2H])(O)[C@H]3O)C1=NC=NC2=N. The molecule has 5 atom stereocenters. The molecule has 1 fully saturated rings. The molecule has 10 heteroatoms. The fourth-order valence-corrected chi connectivity index (χ4v) is 2.64. The van der Waals surface area contributed by atoms with E-state index >= 15 is 0 Å². The summed E-state index contributed by atoms with van der Waals surface area (Å²) in [4.78, 5) is 12.6. The maximum absolute atomic E-state index is 10.1. The maximum atomic E-state index is 10.1. The zero-order chi connectivity index (χ0) is 16.3. The number of hydrogen-bond donors (Lipinski definition) is 4. The van der Waals surface area contributed by atoms with Gasteiger partial charge in [-0.15, -0.1) is 0 Å². The average Bonchev–Trinajstić information content (AvgIpc) is 2.83. The van der Waals surface area contributed by atoms with Crippen LogP contribution < -0.4 is 0 Å². The summed E-state index contributed by atoms with van der Waals surface area (Å²) in [5, 5.41) is 37.0. The van der Waals surface area contributed by atoms with Crippen molar-refractivity contribution >= 4 is 38.7 Å². The van der Waals surface area contributed by atoms with Crippen LogP contribution in [0.2, 0.25) is 0 Å². The van der Waals surface area contributed by atoms with Crippen LogP contribution in [-0.2, 0) is 4.74 Å². The number of rotatable bonds is 2. The van der Waals surface area contributed by atoms with Crippen molar-refractivity contribution in [3.05, 3.63) is 0 Å². The number of amidine groups is 3. The van der Waals surface area contributed by atoms with Crippen molar-refractivity contribution in [2.45, 2.75) is 30.5 Å². The largest absolute Gasteiger partial charge is 0.394 e. The van der Waals surface area contributed by atoms with E-state index in [1.165, 1.54) is 0 Å². The number of nitrogens with one attached hydrogen (secondary N) is 1. The number of nitrogens with zero attached hydrogens (tertiary/aromatic N) is 4. The first kappa shape index (κ1) is 11.5. The van der Waals surface area contributed by atoms with Gasteiger partial charge in [-0.1, -0.05) is 0 Å². The van der Waals surface area contributed by atoms with E-state index in [2.05, 4.69) is 30.9 Å². The van der Waals surface area contributed by atoms with Gasteiger partial charge in [-0.05, 0) is 15.9 Å². The topological polar surface area (TPSA) is 134 Å². The molecule has 0 bridgehead atoms. The van der Waals surface area contributed by atoms with Gasteiger partial charge in [0.15, 0.2) is 22.8 Å². The molecule has 3 rings (SSSR count). The number of aliphatic hydroxyl groups is 3. The predicted molar refractivity (Wildman–Crippen MR) is 73.4 cm³/mol. The van der Waals surface area contributed by atoms with E-state index in [0.29, 0.717) is 0 Å². The molecule has 3 aliphatic heterocycles. The Bertz CT molecular complexity index is 626. The van der Waals surface area contributed by atoms with Crippen LogP contribution in [0.15, 0.2) is 15.0 Å². The van der Waals surface area contributed by atoms with Crippen LogP contribution in [-0.4, -0.2) is 80.1 Å². The number of aliphatic imine (C=N–C) groups is 3. The van der Waals surface area contributed by atoms with Gasteiger partial charge in [-0.25, -0.2) is 15.0 Å². The Labute approximate surface area is 124 Å². The second-order valence-electron chi connectivity index (χ2n) is 4.21. The third-order valence-electron chi connectivity index (χ3n) is 3.06. The molecule has 0 saturated carbocycles. The Kier molecular flexibility index (Phi) is 2.85. The van der Waals surface area contributed by atoms with Gasteiger partial charge in [0.05, 0.1) is 9.35 Å². The second kappa shape index (κ2) is 4.97. The summed E-state index contributed by atoms with van der Waals surface area (Å²) in [6.45, 7) is -0.675. The molecule has 108 valence electrons. The molecule has 20 heavy (non-hydrogen) atoms. The van der Waals surface area contributed by atoms with Crippen molar-refractivity contribution in [2.75, 3.05) is 6.61 Å². The Morgan fingerprint density at radius 1 is 1.55 bits per heavy atom. The van der Waals surface area contributed by atoms with Gasteiger partial charge in [0, 0.05) is 0 Å². The Morgan fingerprint density at radius 3 is 2.95 bits per heavy atom. The minimum absolute atomic E-state index is 0.0370. The second-order valence-corrected chi connectivity index (χ2v) is 4.92. The molecule has 0 amide bonds. The Balaban J connectivity index is 2.00. The van der Waals surface area contributed by atoms with Crippen LogP contribution in [0, 0.1) is 5.41 Å². The highest BCUT2D eigenvalue weighted by Gasteiger charge is 2.50. The van der Waals surface area contributed by atoms with Gasteiger partial charge < -0.3 is 20.1 Å². The molecule has 4 N–H and O–H groups in total. The van der Waals surface area contributed by atoms with Crippen LogP contribution >= 0.6 is 15.9 Å². The van der Waals surface area contributed by atoms with E-state index in [-0.39, 0.29) is 16.4 Å². The minimum atomic E-state index is -2.43. The van der Waals surface area contributed by atoms with Crippen LogP contribution in [0.1, 0.15) is 2.74 Å². The van der Waals surface area contributed by atoms with Crippen molar-refractivity contribution < 1.29 is 22.8 Å². The lowest BCUT2D eigenvalue weighted by Gasteiger charge is -2.28. The van der Waals surface area contributed by atoms with Crippen LogP contribution in [0.4, 0.5) is 0 Å². The van der Waals surface area contributed by atoms with E-state index in [1.807, 2.05) is 0 Å². The van der Waals surface area contributed by atoms with E-state index < -0.39 is 37.1 Å². The summed E-state index contributed by atoms with van der Waals surface area (Å²) in [7, 11) is 0. The van der Waals surface area contributed by atoms with Crippen molar-refractivity contribution in [3.63, 3.8) is 0 Å². The lowest BCUT2D eigenvalue weighted by Crippen LogP contribution is -2.49. The van der Waals surface area contributed by atoms with Gasteiger partial charge in [0.25, 0.3) is 0 Å². The highest BCUT2D eigenvalue weighted by atomic mass is 79.9. The lowest BCUT2D eigenvalue weighted by molar-refractivity contribution is -0.0512. The first-order chi connectivity index (χ1) is 10.2. The molecule has 1 saturated heterocycles. The van der Waals surface area contributed by atoms with Crippen molar-refractivity contribution in [3.8, 4) is 0 Å². The molecule has 0 aromatic heterocycles. The quantitative estimate of drug-likeness (QED) is 0.441. The third-order valence-corrected chi connectivity index (χ3v) is 3.62. The molecule has 0 radical (unpaired) electrons. The Hall–Kier alpha value is -1.20. The molecule has 1 unspecified atom stereocenters. The van der Waals surface area contributed by atoms with Crippen LogP contribution in [0.5, 0.6) is 0 Å². The third kappa shape index (κ3) is 1.91. The zero-order valence-corrected chi connectivity index (χ0v) is 11.5. The van der Waals surface area contributed by atoms with E-state index in [1.54, 1.807) is 0 Å². The monoisotopic (exact) mass is 347 g/mol. The van der Waals surface area contributed by atoms with Gasteiger partial charge in [-0.3, -0.25) is 10.3 Å². The van der Waals surface area contributed by atoms with E-state index in [0.717, 1.165) is 11.2 Å². The van der Waals surface area contributed by atoms with Gasteiger partial charge in [0.2, 0.25) is 0 Å². The summed E-state index contributed by atoms with van der Waals surface area (Å²) >= 11 is 3.10. The van der Waals surface area contributed by atoms with Crippen molar-refractivity contribution in [1.82, 2.24) is 4.90 Å². The normalized spacial score (nSPS) is 48.7. The molecule has 0 spiro atoms. The first-order valence-corrected chi connectivity index (χ1v) is 6.44. The number of halogens is 1. The number of fused-ring (bicyclic) bond motifs is 1. The fourth-order valence-electron chi connectivity index (χ4n) is 2.10. The summed E-state index contributed by atoms with van der Waals surface area (Å²) in [6.07, 6.45) is -5.73. The highest BCUT2D eigenvalue weighted by Crippen LogP contribution is 2.30. The molecule has 0 aliphatic carbocycles. The molecular weight excluding hydrogens is 334 g/mol. The number of hydrogen-bond acceptors (Lipinski definition) is 8. The van der Waals surface area contributed by atoms with Crippen LogP contribution in [0.25, 0.3) is 0 Å². The van der Waals surface area contributed by atoms with Crippen LogP contribution in [0.3, 0.4) is 0 Å². The van der Waals surface area contributed by atoms with E-state index in [4.69, 9.17) is 12.9 Å². The van der Waals surface area contributed by atoms with Crippen molar-refractivity contribution in [2.24, 2.45) is 15.0 Å². The molecule has 3 heterocycles. The predicted octanol–water partition coefficient (Wildman–Crippen LogP) is -1.72. The van der Waals surface area contributed by atoms with Gasteiger partial charge in [-0.2, -0.15) is 0 Å². The number of aliphatic hydroxyl groups excluding tert-OH is 2. The molecule has 3 aliphatic rings. The smallest absolute Gasteiger partial charge is 0.177 e. The molecule has 0 aromatic rings. The average molecular weight is 348 g/mol. The first-order valence-electron chi connectivity index (χ1n) is 6.64. The standard InChI is InChI=1S/C10H12BrN5O4/c11-10-15-4-7(12)13-2-14-8(4)16(10)9-6(19)5(18)3(1-17)20-9/h2-6,9,12,17-19H,1H2/t3-,4?,5-,6-,9-/m1/s1/i4D,5D. The number of ether oxygens (including phenoxy) is 1. The lowest BCUT2D eigenvalue weighted by atomic mass is 10.1. The van der Waals surface area contributed by atoms with Gasteiger partial charge >= 0.3 is 0 Å². The summed E-state index contributed by atoms with van der Waals surface area (Å²) < 4.78 is 21.3. The molecular formula is C10H12BrN5O4. The van der Waals surface area contributed by atoms with Crippen molar-refractivity contribution in [1.29, 1.82) is 5.41 Å². The highest BCUT2D eigenvalue weighted by molar-refractivity contribution is 9.18. The van der Waals surface area contributed by atoms with E-state index in [9.17, 15) is 15.3 Å². The minimum Gasteiger partial charge on any atom is -0.394 e. The maximum Gasteiger partial charge on any atom is 0.177 e.